The topological polar surface area (TPSA) is 69.2 Å². The normalized spacial score (nSPS) is 17.4. The average Bonchev–Trinajstić information content (AvgIpc) is 3.35. The van der Waals surface area contributed by atoms with Crippen LogP contribution in [-0.2, 0) is 11.3 Å². The molecule has 3 heterocycles. The van der Waals surface area contributed by atoms with E-state index < -0.39 is 0 Å². The summed E-state index contributed by atoms with van der Waals surface area (Å²) in [5.74, 6) is 2.52. The van der Waals surface area contributed by atoms with Crippen LogP contribution < -0.4 is 4.90 Å². The van der Waals surface area contributed by atoms with Gasteiger partial charge in [0.15, 0.2) is 0 Å². The summed E-state index contributed by atoms with van der Waals surface area (Å²) in [5, 5.41) is 12.4. The van der Waals surface area contributed by atoms with Crippen LogP contribution in [0.15, 0.2) is 40.8 Å². The van der Waals surface area contributed by atoms with Crippen molar-refractivity contribution in [3.8, 4) is 5.69 Å². The van der Waals surface area contributed by atoms with Crippen LogP contribution in [0.5, 0.6) is 0 Å². The van der Waals surface area contributed by atoms with E-state index in [1.54, 1.807) is 11.8 Å². The van der Waals surface area contributed by atoms with Crippen molar-refractivity contribution < 1.29 is 9.15 Å². The van der Waals surface area contributed by atoms with Gasteiger partial charge in [-0.05, 0) is 54.5 Å². The molecule has 0 aliphatic carbocycles. The maximum absolute atomic E-state index is 5.95. The van der Waals surface area contributed by atoms with Crippen LogP contribution >= 0.6 is 0 Å². The van der Waals surface area contributed by atoms with Crippen molar-refractivity contribution in [2.45, 2.75) is 32.4 Å². The molecule has 130 valence electrons. The first kappa shape index (κ1) is 15.8. The summed E-state index contributed by atoms with van der Waals surface area (Å²) >= 11 is 0. The zero-order valence-electron chi connectivity index (χ0n) is 14.4. The third kappa shape index (κ3) is 3.02. The number of ether oxygens (including phenoxy) is 1. The lowest BCUT2D eigenvalue weighted by molar-refractivity contribution is 0.162. The summed E-state index contributed by atoms with van der Waals surface area (Å²) < 4.78 is 12.9. The van der Waals surface area contributed by atoms with Crippen molar-refractivity contribution in [1.82, 2.24) is 20.2 Å². The number of aryl methyl sites for hydroxylation is 1. The highest BCUT2D eigenvalue weighted by Crippen LogP contribution is 2.36. The average molecular weight is 339 g/mol. The molecule has 1 aromatic carbocycles. The van der Waals surface area contributed by atoms with Gasteiger partial charge in [-0.15, -0.1) is 0 Å². The summed E-state index contributed by atoms with van der Waals surface area (Å²) in [6.45, 7) is 3.44. The van der Waals surface area contributed by atoms with Gasteiger partial charge in [0.2, 0.25) is 0 Å². The Bertz CT molecular complexity index is 839. The molecule has 25 heavy (non-hydrogen) atoms. The zero-order chi connectivity index (χ0) is 17.2. The predicted octanol–water partition coefficient (Wildman–Crippen LogP) is 3.05. The van der Waals surface area contributed by atoms with Crippen LogP contribution in [0.1, 0.15) is 36.0 Å². The van der Waals surface area contributed by atoms with E-state index in [2.05, 4.69) is 39.5 Å². The lowest BCUT2D eigenvalue weighted by Gasteiger charge is -2.23. The van der Waals surface area contributed by atoms with E-state index in [4.69, 9.17) is 9.15 Å². The van der Waals surface area contributed by atoms with Crippen LogP contribution in [0.2, 0.25) is 0 Å². The Hall–Kier alpha value is -2.67. The summed E-state index contributed by atoms with van der Waals surface area (Å²) in [4.78, 5) is 2.22. The third-order valence-electron chi connectivity index (χ3n) is 4.54. The van der Waals surface area contributed by atoms with E-state index in [0.29, 0.717) is 6.61 Å². The maximum Gasteiger partial charge on any atom is 0.250 e. The fraction of sp³-hybridized carbons (Fsp3) is 0.389. The van der Waals surface area contributed by atoms with E-state index in [0.717, 1.165) is 42.5 Å². The Kier molecular flexibility index (Phi) is 4.23. The first-order valence-corrected chi connectivity index (χ1v) is 8.46. The molecule has 0 N–H and O–H groups in total. The van der Waals surface area contributed by atoms with E-state index >= 15 is 0 Å². The van der Waals surface area contributed by atoms with Gasteiger partial charge in [0.05, 0.1) is 11.7 Å². The summed E-state index contributed by atoms with van der Waals surface area (Å²) in [6.07, 6.45) is 2.09. The minimum atomic E-state index is 0.140. The molecule has 1 atom stereocenters. The molecule has 1 aliphatic rings. The molecule has 1 aliphatic heterocycles. The molecule has 1 fully saturated rings. The second-order valence-electron chi connectivity index (χ2n) is 6.31. The van der Waals surface area contributed by atoms with Gasteiger partial charge < -0.3 is 14.1 Å². The van der Waals surface area contributed by atoms with Crippen molar-refractivity contribution in [3.05, 3.63) is 53.5 Å². The molecule has 1 unspecified atom stereocenters. The Labute approximate surface area is 146 Å². The number of hydrogen-bond acceptors (Lipinski definition) is 6. The fourth-order valence-electron chi connectivity index (χ4n) is 3.31. The number of benzene rings is 1. The van der Waals surface area contributed by atoms with Crippen molar-refractivity contribution in [2.24, 2.45) is 0 Å². The summed E-state index contributed by atoms with van der Waals surface area (Å²) in [6, 6.07) is 12.3. The van der Waals surface area contributed by atoms with Crippen molar-refractivity contribution in [3.63, 3.8) is 0 Å². The second-order valence-corrected chi connectivity index (χ2v) is 6.31. The SMILES string of the molecule is COCc1ccc(C2CCCN2c2nnnn2-c2ccc(C)cc2)o1. The second kappa shape index (κ2) is 6.68. The van der Waals surface area contributed by atoms with Gasteiger partial charge >= 0.3 is 0 Å². The number of aromatic nitrogens is 4. The molecule has 1 saturated heterocycles. The Balaban J connectivity index is 1.64. The molecule has 0 spiro atoms. The molecule has 0 radical (unpaired) electrons. The van der Waals surface area contributed by atoms with Crippen molar-refractivity contribution in [1.29, 1.82) is 0 Å². The van der Waals surface area contributed by atoms with E-state index in [1.807, 2.05) is 24.3 Å². The van der Waals surface area contributed by atoms with E-state index in [9.17, 15) is 0 Å². The van der Waals surface area contributed by atoms with E-state index in [1.165, 1.54) is 5.56 Å². The molecule has 4 rings (SSSR count). The molecule has 0 saturated carbocycles. The number of methoxy groups -OCH3 is 1. The quantitative estimate of drug-likeness (QED) is 0.711. The standard InChI is InChI=1S/C18H21N5O2/c1-13-5-7-14(8-6-13)23-18(19-20-21-23)22-11-3-4-16(22)17-10-9-15(25-17)12-24-2/h5-10,16H,3-4,11-12H2,1-2H3. The smallest absolute Gasteiger partial charge is 0.250 e. The Morgan fingerprint density at radius 1 is 1.20 bits per heavy atom. The molecular weight excluding hydrogens is 318 g/mol. The number of nitrogens with zero attached hydrogens (tertiary/aromatic N) is 5. The van der Waals surface area contributed by atoms with Crippen LogP contribution in [0.4, 0.5) is 5.95 Å². The Morgan fingerprint density at radius 3 is 2.84 bits per heavy atom. The molecular formula is C18H21N5O2. The number of rotatable bonds is 5. The molecule has 0 amide bonds. The lowest BCUT2D eigenvalue weighted by Crippen LogP contribution is -2.25. The number of furan rings is 1. The highest BCUT2D eigenvalue weighted by atomic mass is 16.5. The minimum Gasteiger partial charge on any atom is -0.461 e. The number of hydrogen-bond donors (Lipinski definition) is 0. The van der Waals surface area contributed by atoms with Crippen molar-refractivity contribution >= 4 is 5.95 Å². The zero-order valence-corrected chi connectivity index (χ0v) is 14.4. The highest BCUT2D eigenvalue weighted by Gasteiger charge is 2.32. The Morgan fingerprint density at radius 2 is 2.04 bits per heavy atom. The third-order valence-corrected chi connectivity index (χ3v) is 4.54. The van der Waals surface area contributed by atoms with E-state index in [-0.39, 0.29) is 6.04 Å². The predicted molar refractivity (Wildman–Crippen MR) is 92.6 cm³/mol. The van der Waals surface area contributed by atoms with Gasteiger partial charge in [-0.2, -0.15) is 4.68 Å². The first-order chi connectivity index (χ1) is 12.3. The van der Waals surface area contributed by atoms with Gasteiger partial charge in [-0.3, -0.25) is 0 Å². The maximum atomic E-state index is 5.95. The van der Waals surface area contributed by atoms with Gasteiger partial charge in [-0.25, -0.2) is 0 Å². The highest BCUT2D eigenvalue weighted by molar-refractivity contribution is 5.44. The van der Waals surface area contributed by atoms with Gasteiger partial charge in [-0.1, -0.05) is 22.8 Å². The molecule has 0 bridgehead atoms. The molecule has 3 aromatic rings. The lowest BCUT2D eigenvalue weighted by atomic mass is 10.2. The van der Waals surface area contributed by atoms with Crippen LogP contribution in [0.3, 0.4) is 0 Å². The van der Waals surface area contributed by atoms with Crippen LogP contribution in [0.25, 0.3) is 5.69 Å². The fourth-order valence-corrected chi connectivity index (χ4v) is 3.31. The molecule has 7 nitrogen and oxygen atoms in total. The number of anilines is 1. The minimum absolute atomic E-state index is 0.140. The summed E-state index contributed by atoms with van der Waals surface area (Å²) in [5.41, 5.74) is 2.16. The van der Waals surface area contributed by atoms with Crippen LogP contribution in [-0.4, -0.2) is 33.9 Å². The first-order valence-electron chi connectivity index (χ1n) is 8.46. The van der Waals surface area contributed by atoms with Crippen LogP contribution in [0, 0.1) is 6.92 Å². The largest absolute Gasteiger partial charge is 0.461 e. The monoisotopic (exact) mass is 339 g/mol. The van der Waals surface area contributed by atoms with Gasteiger partial charge in [0.25, 0.3) is 5.95 Å². The van der Waals surface area contributed by atoms with Gasteiger partial charge in [0.1, 0.15) is 18.1 Å². The molecule has 2 aromatic heterocycles. The van der Waals surface area contributed by atoms with Crippen molar-refractivity contribution in [2.75, 3.05) is 18.6 Å². The molecule has 7 heteroatoms. The van der Waals surface area contributed by atoms with Gasteiger partial charge in [0, 0.05) is 13.7 Å². The summed E-state index contributed by atoms with van der Waals surface area (Å²) in [7, 11) is 1.67. The number of tetrazole rings is 1.